The van der Waals surface area contributed by atoms with Crippen LogP contribution in [0, 0.1) is 0 Å². The van der Waals surface area contributed by atoms with E-state index in [2.05, 4.69) is 31.2 Å². The Bertz CT molecular complexity index is 578. The Morgan fingerprint density at radius 3 is 3.00 bits per heavy atom. The Kier molecular flexibility index (Phi) is 3.93. The van der Waals surface area contributed by atoms with Crippen molar-refractivity contribution < 1.29 is 4.74 Å². The summed E-state index contributed by atoms with van der Waals surface area (Å²) in [6.45, 7) is 3.72. The van der Waals surface area contributed by atoms with Crippen molar-refractivity contribution in [3.8, 4) is 0 Å². The van der Waals surface area contributed by atoms with Crippen LogP contribution in [0.15, 0.2) is 43.0 Å². The highest BCUT2D eigenvalue weighted by atomic mass is 16.5. The average Bonchev–Trinajstić information content (AvgIpc) is 3.16. The largest absolute Gasteiger partial charge is 0.371 e. The van der Waals surface area contributed by atoms with Crippen LogP contribution in [-0.4, -0.2) is 51.2 Å². The fourth-order valence-corrected chi connectivity index (χ4v) is 3.59. The predicted octanol–water partition coefficient (Wildman–Crippen LogP) is 1.72. The van der Waals surface area contributed by atoms with Crippen molar-refractivity contribution in [3.05, 3.63) is 48.5 Å². The lowest BCUT2D eigenvalue weighted by Crippen LogP contribution is -2.33. The molecular weight excluding hydrogens is 290 g/mol. The zero-order valence-electron chi connectivity index (χ0n) is 13.1. The van der Waals surface area contributed by atoms with Crippen molar-refractivity contribution in [2.45, 2.75) is 31.0 Å². The van der Waals surface area contributed by atoms with Gasteiger partial charge in [-0.3, -0.25) is 9.88 Å². The van der Waals surface area contributed by atoms with Gasteiger partial charge in [-0.1, -0.05) is 6.07 Å². The summed E-state index contributed by atoms with van der Waals surface area (Å²) >= 11 is 0. The summed E-state index contributed by atoms with van der Waals surface area (Å²) in [6, 6.07) is 6.23. The van der Waals surface area contributed by atoms with E-state index in [9.17, 15) is 0 Å². The Hall–Kier alpha value is -2.05. The zero-order chi connectivity index (χ0) is 15.5. The molecule has 2 saturated heterocycles. The number of hydrogen-bond donors (Lipinski definition) is 1. The second-order valence-corrected chi connectivity index (χ2v) is 6.43. The van der Waals surface area contributed by atoms with Crippen molar-refractivity contribution in [1.82, 2.24) is 19.9 Å². The van der Waals surface area contributed by atoms with E-state index in [0.717, 1.165) is 39.1 Å². The van der Waals surface area contributed by atoms with E-state index in [1.165, 1.54) is 5.56 Å². The topological polar surface area (TPSA) is 63.2 Å². The molecule has 2 aromatic heterocycles. The molecule has 0 aromatic carbocycles. The number of hydrogen-bond acceptors (Lipinski definition) is 6. The minimum absolute atomic E-state index is 0.0192. The number of rotatable bonds is 4. The molecule has 2 fully saturated rings. The molecule has 0 bridgehead atoms. The van der Waals surface area contributed by atoms with Crippen LogP contribution in [0.25, 0.3) is 0 Å². The SMILES string of the molecule is c1cnc(NC2COC3(CCN(Cc4cccnc4)C3)C2)nc1. The second kappa shape index (κ2) is 6.22. The lowest BCUT2D eigenvalue weighted by atomic mass is 9.97. The minimum atomic E-state index is -0.0192. The third-order valence-corrected chi connectivity index (χ3v) is 4.63. The van der Waals surface area contributed by atoms with Crippen molar-refractivity contribution in [2.24, 2.45) is 0 Å². The van der Waals surface area contributed by atoms with E-state index < -0.39 is 0 Å². The summed E-state index contributed by atoms with van der Waals surface area (Å²) in [5, 5.41) is 3.38. The predicted molar refractivity (Wildman–Crippen MR) is 86.9 cm³/mol. The van der Waals surface area contributed by atoms with Gasteiger partial charge >= 0.3 is 0 Å². The fraction of sp³-hybridized carbons (Fsp3) is 0.471. The van der Waals surface area contributed by atoms with Crippen molar-refractivity contribution >= 4 is 5.95 Å². The van der Waals surface area contributed by atoms with Crippen LogP contribution in [0.5, 0.6) is 0 Å². The van der Waals surface area contributed by atoms with E-state index >= 15 is 0 Å². The van der Waals surface area contributed by atoms with E-state index in [1.807, 2.05) is 24.5 Å². The van der Waals surface area contributed by atoms with Gasteiger partial charge in [0.15, 0.2) is 0 Å². The molecule has 0 aliphatic carbocycles. The standard InChI is InChI=1S/C17H21N5O/c1-3-14(10-18-5-1)11-22-8-4-17(13-22)9-15(12-23-17)21-16-19-6-2-7-20-16/h1-3,5-7,10,15H,4,8-9,11-13H2,(H,19,20,21). The Morgan fingerprint density at radius 2 is 2.17 bits per heavy atom. The van der Waals surface area contributed by atoms with Gasteiger partial charge in [0.1, 0.15) is 0 Å². The first kappa shape index (κ1) is 14.5. The maximum absolute atomic E-state index is 6.18. The molecule has 1 N–H and O–H groups in total. The first-order valence-corrected chi connectivity index (χ1v) is 8.10. The quantitative estimate of drug-likeness (QED) is 0.927. The van der Waals surface area contributed by atoms with E-state index in [0.29, 0.717) is 5.95 Å². The maximum Gasteiger partial charge on any atom is 0.222 e. The van der Waals surface area contributed by atoms with E-state index in [4.69, 9.17) is 4.74 Å². The Labute approximate surface area is 135 Å². The van der Waals surface area contributed by atoms with E-state index in [1.54, 1.807) is 12.4 Å². The van der Waals surface area contributed by atoms with Crippen molar-refractivity contribution in [3.63, 3.8) is 0 Å². The summed E-state index contributed by atoms with van der Waals surface area (Å²) in [6.07, 6.45) is 9.36. The smallest absolute Gasteiger partial charge is 0.222 e. The van der Waals surface area contributed by atoms with Gasteiger partial charge in [-0.05, 0) is 24.1 Å². The van der Waals surface area contributed by atoms with Gasteiger partial charge in [-0.2, -0.15) is 0 Å². The second-order valence-electron chi connectivity index (χ2n) is 6.43. The number of nitrogens with one attached hydrogen (secondary N) is 1. The number of likely N-dealkylation sites (tertiary alicyclic amines) is 1. The van der Waals surface area contributed by atoms with Crippen molar-refractivity contribution in [2.75, 3.05) is 25.0 Å². The number of aromatic nitrogens is 3. The number of nitrogens with zero attached hydrogens (tertiary/aromatic N) is 4. The first-order valence-electron chi connectivity index (χ1n) is 8.10. The van der Waals surface area contributed by atoms with Gasteiger partial charge < -0.3 is 10.1 Å². The molecule has 0 amide bonds. The van der Waals surface area contributed by atoms with Crippen LogP contribution in [0.3, 0.4) is 0 Å². The summed E-state index contributed by atoms with van der Waals surface area (Å²) in [5.41, 5.74) is 1.24. The molecule has 120 valence electrons. The highest BCUT2D eigenvalue weighted by Crippen LogP contribution is 2.36. The van der Waals surface area contributed by atoms with Crippen LogP contribution >= 0.6 is 0 Å². The lowest BCUT2D eigenvalue weighted by molar-refractivity contribution is 0.0120. The molecule has 6 heteroatoms. The number of ether oxygens (including phenoxy) is 1. The van der Waals surface area contributed by atoms with Gasteiger partial charge in [0.05, 0.1) is 18.2 Å². The summed E-state index contributed by atoms with van der Waals surface area (Å²) < 4.78 is 6.18. The van der Waals surface area contributed by atoms with Gasteiger partial charge in [0, 0.05) is 50.8 Å². The molecule has 0 saturated carbocycles. The zero-order valence-corrected chi connectivity index (χ0v) is 13.1. The molecule has 2 aliphatic heterocycles. The highest BCUT2D eigenvalue weighted by Gasteiger charge is 2.45. The molecule has 2 aliphatic rings. The first-order chi connectivity index (χ1) is 11.3. The maximum atomic E-state index is 6.18. The molecule has 2 atom stereocenters. The molecule has 2 aromatic rings. The third-order valence-electron chi connectivity index (χ3n) is 4.63. The van der Waals surface area contributed by atoms with Crippen LogP contribution < -0.4 is 5.32 Å². The fourth-order valence-electron chi connectivity index (χ4n) is 3.59. The molecule has 0 radical (unpaired) electrons. The van der Waals surface area contributed by atoms with Gasteiger partial charge in [0.2, 0.25) is 5.95 Å². The Balaban J connectivity index is 1.34. The average molecular weight is 311 g/mol. The molecular formula is C17H21N5O. The van der Waals surface area contributed by atoms with Crippen LogP contribution in [0.2, 0.25) is 0 Å². The molecule has 4 heterocycles. The minimum Gasteiger partial charge on any atom is -0.371 e. The monoisotopic (exact) mass is 311 g/mol. The van der Waals surface area contributed by atoms with Gasteiger partial charge in [0.25, 0.3) is 0 Å². The molecule has 4 rings (SSSR count). The molecule has 6 nitrogen and oxygen atoms in total. The van der Waals surface area contributed by atoms with Crippen LogP contribution in [0.4, 0.5) is 5.95 Å². The van der Waals surface area contributed by atoms with Gasteiger partial charge in [-0.15, -0.1) is 0 Å². The molecule has 23 heavy (non-hydrogen) atoms. The number of pyridine rings is 1. The van der Waals surface area contributed by atoms with Gasteiger partial charge in [-0.25, -0.2) is 9.97 Å². The number of anilines is 1. The van der Waals surface area contributed by atoms with Crippen LogP contribution in [0.1, 0.15) is 18.4 Å². The highest BCUT2D eigenvalue weighted by molar-refractivity contribution is 5.25. The summed E-state index contributed by atoms with van der Waals surface area (Å²) in [7, 11) is 0. The van der Waals surface area contributed by atoms with Crippen molar-refractivity contribution in [1.29, 1.82) is 0 Å². The normalized spacial score (nSPS) is 27.6. The summed E-state index contributed by atoms with van der Waals surface area (Å²) in [5.74, 6) is 0.684. The third kappa shape index (κ3) is 3.33. The Morgan fingerprint density at radius 1 is 1.26 bits per heavy atom. The lowest BCUT2D eigenvalue weighted by Gasteiger charge is -2.23. The molecule has 1 spiro atoms. The summed E-state index contributed by atoms with van der Waals surface area (Å²) in [4.78, 5) is 15.1. The van der Waals surface area contributed by atoms with Crippen LogP contribution in [-0.2, 0) is 11.3 Å². The van der Waals surface area contributed by atoms with E-state index in [-0.39, 0.29) is 11.6 Å². The molecule has 2 unspecified atom stereocenters.